The fourth-order valence-corrected chi connectivity index (χ4v) is 2.36. The molecule has 1 aliphatic rings. The summed E-state index contributed by atoms with van der Waals surface area (Å²) >= 11 is 0. The zero-order chi connectivity index (χ0) is 11.1. The molecule has 0 saturated carbocycles. The smallest absolute Gasteiger partial charge is 0.129 e. The molecule has 1 fully saturated rings. The van der Waals surface area contributed by atoms with Crippen LogP contribution in [0.5, 0.6) is 0 Å². The molecule has 1 N–H and O–H groups in total. The maximum atomic E-state index is 10.8. The van der Waals surface area contributed by atoms with Crippen molar-refractivity contribution in [3.8, 4) is 0 Å². The standard InChI is InChI=1S/C12H24N2O/c1-11(15)5-3-7-14-8-4-6-12(10-14)9-13-2/h12-13H,3-10H2,1-2H3. The fourth-order valence-electron chi connectivity index (χ4n) is 2.36. The Hall–Kier alpha value is -0.410. The summed E-state index contributed by atoms with van der Waals surface area (Å²) in [6.07, 6.45) is 4.44. The van der Waals surface area contributed by atoms with Crippen molar-refractivity contribution in [3.05, 3.63) is 0 Å². The van der Waals surface area contributed by atoms with Gasteiger partial charge in [0.2, 0.25) is 0 Å². The predicted molar refractivity (Wildman–Crippen MR) is 63.0 cm³/mol. The Balaban J connectivity index is 2.15. The molecule has 1 unspecified atom stereocenters. The second-order valence-corrected chi connectivity index (χ2v) is 4.67. The van der Waals surface area contributed by atoms with E-state index in [0.717, 1.165) is 31.8 Å². The highest BCUT2D eigenvalue weighted by Crippen LogP contribution is 2.15. The molecule has 1 aliphatic heterocycles. The summed E-state index contributed by atoms with van der Waals surface area (Å²) in [6.45, 7) is 6.33. The number of rotatable bonds is 6. The lowest BCUT2D eigenvalue weighted by atomic mass is 9.98. The van der Waals surface area contributed by atoms with Gasteiger partial charge in [-0.15, -0.1) is 0 Å². The summed E-state index contributed by atoms with van der Waals surface area (Å²) in [5.74, 6) is 1.12. The molecular weight excluding hydrogens is 188 g/mol. The molecule has 1 saturated heterocycles. The van der Waals surface area contributed by atoms with E-state index >= 15 is 0 Å². The molecule has 0 bridgehead atoms. The number of likely N-dealkylation sites (tertiary alicyclic amines) is 1. The van der Waals surface area contributed by atoms with Gasteiger partial charge in [-0.05, 0) is 58.8 Å². The minimum atomic E-state index is 0.318. The van der Waals surface area contributed by atoms with Gasteiger partial charge in [-0.1, -0.05) is 0 Å². The zero-order valence-electron chi connectivity index (χ0n) is 10.1. The predicted octanol–water partition coefficient (Wildman–Crippen LogP) is 1.29. The fraction of sp³-hybridized carbons (Fsp3) is 0.917. The second kappa shape index (κ2) is 6.96. The highest BCUT2D eigenvalue weighted by Gasteiger charge is 2.18. The molecule has 0 spiro atoms. The van der Waals surface area contributed by atoms with Crippen LogP contribution in [0.25, 0.3) is 0 Å². The molecule has 88 valence electrons. The summed E-state index contributed by atoms with van der Waals surface area (Å²) in [5, 5.41) is 3.25. The molecule has 0 radical (unpaired) electrons. The van der Waals surface area contributed by atoms with Crippen molar-refractivity contribution in [2.75, 3.05) is 33.2 Å². The van der Waals surface area contributed by atoms with E-state index in [2.05, 4.69) is 10.2 Å². The molecule has 1 heterocycles. The van der Waals surface area contributed by atoms with Crippen molar-refractivity contribution in [2.45, 2.75) is 32.6 Å². The number of piperidine rings is 1. The maximum Gasteiger partial charge on any atom is 0.129 e. The molecule has 0 aromatic rings. The summed E-state index contributed by atoms with van der Waals surface area (Å²) < 4.78 is 0. The van der Waals surface area contributed by atoms with Gasteiger partial charge in [-0.3, -0.25) is 0 Å². The van der Waals surface area contributed by atoms with Crippen LogP contribution >= 0.6 is 0 Å². The van der Waals surface area contributed by atoms with Crippen molar-refractivity contribution in [2.24, 2.45) is 5.92 Å². The van der Waals surface area contributed by atoms with Crippen LogP contribution in [0, 0.1) is 5.92 Å². The van der Waals surface area contributed by atoms with E-state index < -0.39 is 0 Å². The molecule has 3 heteroatoms. The molecule has 0 aliphatic carbocycles. The Bertz CT molecular complexity index is 192. The lowest BCUT2D eigenvalue weighted by Gasteiger charge is -2.32. The van der Waals surface area contributed by atoms with Gasteiger partial charge >= 0.3 is 0 Å². The monoisotopic (exact) mass is 212 g/mol. The van der Waals surface area contributed by atoms with Crippen molar-refractivity contribution < 1.29 is 4.79 Å². The number of carbonyl (C=O) groups is 1. The van der Waals surface area contributed by atoms with Crippen LogP contribution in [0.15, 0.2) is 0 Å². The Morgan fingerprint density at radius 1 is 1.53 bits per heavy atom. The number of hydrogen-bond donors (Lipinski definition) is 1. The Morgan fingerprint density at radius 2 is 2.33 bits per heavy atom. The first-order chi connectivity index (χ1) is 7.22. The average Bonchev–Trinajstić information content (AvgIpc) is 2.18. The van der Waals surface area contributed by atoms with E-state index in [1.54, 1.807) is 6.92 Å². The number of ketones is 1. The molecule has 1 rings (SSSR count). The van der Waals surface area contributed by atoms with E-state index in [4.69, 9.17) is 0 Å². The van der Waals surface area contributed by atoms with E-state index in [9.17, 15) is 4.79 Å². The van der Waals surface area contributed by atoms with Crippen molar-refractivity contribution in [1.29, 1.82) is 0 Å². The van der Waals surface area contributed by atoms with Crippen LogP contribution in [0.3, 0.4) is 0 Å². The Kier molecular flexibility index (Phi) is 5.88. The van der Waals surface area contributed by atoms with Crippen LogP contribution in [-0.2, 0) is 4.79 Å². The topological polar surface area (TPSA) is 32.3 Å². The van der Waals surface area contributed by atoms with Crippen LogP contribution in [0.1, 0.15) is 32.6 Å². The van der Waals surface area contributed by atoms with Crippen molar-refractivity contribution in [1.82, 2.24) is 10.2 Å². The molecule has 15 heavy (non-hydrogen) atoms. The first kappa shape index (κ1) is 12.7. The van der Waals surface area contributed by atoms with Gasteiger partial charge in [0.1, 0.15) is 5.78 Å². The van der Waals surface area contributed by atoms with Gasteiger partial charge in [0.15, 0.2) is 0 Å². The van der Waals surface area contributed by atoms with Gasteiger partial charge in [-0.2, -0.15) is 0 Å². The van der Waals surface area contributed by atoms with Gasteiger partial charge in [0.05, 0.1) is 0 Å². The third-order valence-electron chi connectivity index (χ3n) is 3.10. The SMILES string of the molecule is CNCC1CCCN(CCCC(C)=O)C1. The number of hydrogen-bond acceptors (Lipinski definition) is 3. The first-order valence-electron chi connectivity index (χ1n) is 6.08. The maximum absolute atomic E-state index is 10.8. The second-order valence-electron chi connectivity index (χ2n) is 4.67. The highest BCUT2D eigenvalue weighted by atomic mass is 16.1. The minimum Gasteiger partial charge on any atom is -0.319 e. The highest BCUT2D eigenvalue weighted by molar-refractivity contribution is 5.75. The number of nitrogens with one attached hydrogen (secondary N) is 1. The lowest BCUT2D eigenvalue weighted by Crippen LogP contribution is -2.39. The Morgan fingerprint density at radius 3 is 3.00 bits per heavy atom. The van der Waals surface area contributed by atoms with Crippen LogP contribution in [0.4, 0.5) is 0 Å². The van der Waals surface area contributed by atoms with Crippen LogP contribution < -0.4 is 5.32 Å². The normalized spacial score (nSPS) is 22.9. The van der Waals surface area contributed by atoms with Gasteiger partial charge in [0, 0.05) is 13.0 Å². The summed E-state index contributed by atoms with van der Waals surface area (Å²) in [5.41, 5.74) is 0. The molecule has 0 amide bonds. The summed E-state index contributed by atoms with van der Waals surface area (Å²) in [6, 6.07) is 0. The summed E-state index contributed by atoms with van der Waals surface area (Å²) in [7, 11) is 2.02. The molecule has 1 atom stereocenters. The first-order valence-corrected chi connectivity index (χ1v) is 6.08. The van der Waals surface area contributed by atoms with Crippen molar-refractivity contribution >= 4 is 5.78 Å². The number of carbonyl (C=O) groups excluding carboxylic acids is 1. The van der Waals surface area contributed by atoms with Crippen LogP contribution in [0.2, 0.25) is 0 Å². The molecule has 3 nitrogen and oxygen atoms in total. The van der Waals surface area contributed by atoms with Gasteiger partial charge in [0.25, 0.3) is 0 Å². The third kappa shape index (κ3) is 5.28. The zero-order valence-corrected chi connectivity index (χ0v) is 10.1. The lowest BCUT2D eigenvalue weighted by molar-refractivity contribution is -0.117. The molecular formula is C12H24N2O. The number of nitrogens with zero attached hydrogens (tertiary/aromatic N) is 1. The average molecular weight is 212 g/mol. The quantitative estimate of drug-likeness (QED) is 0.720. The minimum absolute atomic E-state index is 0.318. The Labute approximate surface area is 93.2 Å². The van der Waals surface area contributed by atoms with E-state index in [1.165, 1.54) is 25.9 Å². The van der Waals surface area contributed by atoms with Gasteiger partial charge in [-0.25, -0.2) is 0 Å². The van der Waals surface area contributed by atoms with E-state index in [-0.39, 0.29) is 0 Å². The van der Waals surface area contributed by atoms with Gasteiger partial charge < -0.3 is 15.0 Å². The number of Topliss-reactive ketones (excluding diaryl/α,β-unsaturated/α-hetero) is 1. The summed E-state index contributed by atoms with van der Waals surface area (Å²) in [4.78, 5) is 13.3. The van der Waals surface area contributed by atoms with Crippen molar-refractivity contribution in [3.63, 3.8) is 0 Å². The molecule has 0 aromatic heterocycles. The van der Waals surface area contributed by atoms with E-state index in [0.29, 0.717) is 5.78 Å². The van der Waals surface area contributed by atoms with Crippen LogP contribution in [-0.4, -0.2) is 43.9 Å². The molecule has 0 aromatic carbocycles. The largest absolute Gasteiger partial charge is 0.319 e. The third-order valence-corrected chi connectivity index (χ3v) is 3.10. The van der Waals surface area contributed by atoms with E-state index in [1.807, 2.05) is 7.05 Å².